The third kappa shape index (κ3) is 6.14. The molecule has 174 valence electrons. The summed E-state index contributed by atoms with van der Waals surface area (Å²) in [5.74, 6) is 2.92. The van der Waals surface area contributed by atoms with Gasteiger partial charge in [-0.25, -0.2) is 0 Å². The Morgan fingerprint density at radius 2 is 1.31 bits per heavy atom. The van der Waals surface area contributed by atoms with Crippen molar-refractivity contribution >= 4 is 0 Å². The molecule has 1 saturated carbocycles. The Balaban J connectivity index is 1.25. The Morgan fingerprint density at radius 1 is 0.719 bits per heavy atom. The van der Waals surface area contributed by atoms with E-state index >= 15 is 0 Å². The van der Waals surface area contributed by atoms with E-state index in [9.17, 15) is 0 Å². The molecule has 2 aromatic rings. The van der Waals surface area contributed by atoms with Gasteiger partial charge in [-0.1, -0.05) is 69.5 Å². The SMILES string of the molecule is CCCCOc1ccc(C2OCC(c3ccc([C@H]4CC[C@H](CCC)CC4)cc3)CO2)cc1. The van der Waals surface area contributed by atoms with E-state index in [0.717, 1.165) is 42.6 Å². The van der Waals surface area contributed by atoms with Gasteiger partial charge in [-0.3, -0.25) is 0 Å². The van der Waals surface area contributed by atoms with Crippen LogP contribution in [0.25, 0.3) is 0 Å². The average Bonchev–Trinajstić information content (AvgIpc) is 2.86. The summed E-state index contributed by atoms with van der Waals surface area (Å²) in [5, 5.41) is 0. The van der Waals surface area contributed by atoms with Gasteiger partial charge in [0.25, 0.3) is 0 Å². The minimum Gasteiger partial charge on any atom is -0.494 e. The van der Waals surface area contributed by atoms with Gasteiger partial charge < -0.3 is 14.2 Å². The van der Waals surface area contributed by atoms with E-state index in [1.165, 1.54) is 49.7 Å². The van der Waals surface area contributed by atoms with E-state index in [1.54, 1.807) is 0 Å². The molecule has 3 nitrogen and oxygen atoms in total. The molecule has 1 saturated heterocycles. The number of hydrogen-bond acceptors (Lipinski definition) is 3. The van der Waals surface area contributed by atoms with Gasteiger partial charge in [0.1, 0.15) is 5.75 Å². The second kappa shape index (κ2) is 11.9. The lowest BCUT2D eigenvalue weighted by molar-refractivity contribution is -0.191. The van der Waals surface area contributed by atoms with Crippen LogP contribution in [0.2, 0.25) is 0 Å². The molecule has 0 bridgehead atoms. The van der Waals surface area contributed by atoms with Crippen molar-refractivity contribution in [3.63, 3.8) is 0 Å². The molecule has 2 fully saturated rings. The fourth-order valence-electron chi connectivity index (χ4n) is 5.18. The fraction of sp³-hybridized carbons (Fsp3) is 0.586. The molecule has 0 N–H and O–H groups in total. The zero-order valence-electron chi connectivity index (χ0n) is 19.9. The fourth-order valence-corrected chi connectivity index (χ4v) is 5.18. The van der Waals surface area contributed by atoms with Crippen molar-refractivity contribution in [2.45, 2.75) is 83.3 Å². The summed E-state index contributed by atoms with van der Waals surface area (Å²) in [4.78, 5) is 0. The van der Waals surface area contributed by atoms with E-state index in [-0.39, 0.29) is 6.29 Å². The van der Waals surface area contributed by atoms with Gasteiger partial charge in [-0.2, -0.15) is 0 Å². The Morgan fingerprint density at radius 3 is 1.91 bits per heavy atom. The first kappa shape index (κ1) is 23.3. The number of hydrogen-bond donors (Lipinski definition) is 0. The summed E-state index contributed by atoms with van der Waals surface area (Å²) in [6, 6.07) is 17.4. The normalized spacial score (nSPS) is 26.1. The van der Waals surface area contributed by atoms with Gasteiger partial charge in [0.05, 0.1) is 19.8 Å². The third-order valence-electron chi connectivity index (χ3n) is 7.24. The quantitative estimate of drug-likeness (QED) is 0.376. The van der Waals surface area contributed by atoms with Crippen molar-refractivity contribution in [2.24, 2.45) is 5.92 Å². The molecule has 2 aliphatic rings. The smallest absolute Gasteiger partial charge is 0.183 e. The lowest BCUT2D eigenvalue weighted by Gasteiger charge is -2.31. The second-order valence-electron chi connectivity index (χ2n) is 9.64. The molecule has 0 spiro atoms. The van der Waals surface area contributed by atoms with E-state index < -0.39 is 0 Å². The van der Waals surface area contributed by atoms with Gasteiger partial charge in [-0.15, -0.1) is 0 Å². The maximum atomic E-state index is 6.09. The van der Waals surface area contributed by atoms with E-state index in [0.29, 0.717) is 19.1 Å². The van der Waals surface area contributed by atoms with Gasteiger partial charge in [0.15, 0.2) is 6.29 Å². The average molecular weight is 437 g/mol. The van der Waals surface area contributed by atoms with E-state index in [4.69, 9.17) is 14.2 Å². The number of benzene rings is 2. The molecule has 1 heterocycles. The van der Waals surface area contributed by atoms with Crippen LogP contribution in [0.4, 0.5) is 0 Å². The van der Waals surface area contributed by atoms with Crippen LogP contribution in [-0.4, -0.2) is 19.8 Å². The Bertz CT molecular complexity index is 782. The molecule has 0 aromatic heterocycles. The van der Waals surface area contributed by atoms with Crippen molar-refractivity contribution in [3.05, 3.63) is 65.2 Å². The van der Waals surface area contributed by atoms with Crippen LogP contribution in [0.5, 0.6) is 5.75 Å². The predicted molar refractivity (Wildman–Crippen MR) is 130 cm³/mol. The van der Waals surface area contributed by atoms with Crippen molar-refractivity contribution in [1.82, 2.24) is 0 Å². The van der Waals surface area contributed by atoms with Crippen LogP contribution in [0.15, 0.2) is 48.5 Å². The molecule has 3 heteroatoms. The summed E-state index contributed by atoms with van der Waals surface area (Å²) < 4.78 is 17.9. The number of unbranched alkanes of at least 4 members (excludes halogenated alkanes) is 1. The van der Waals surface area contributed by atoms with Gasteiger partial charge in [0.2, 0.25) is 0 Å². The summed E-state index contributed by atoms with van der Waals surface area (Å²) in [6.45, 7) is 6.64. The van der Waals surface area contributed by atoms with Crippen LogP contribution in [-0.2, 0) is 9.47 Å². The lowest BCUT2D eigenvalue weighted by atomic mass is 9.77. The maximum absolute atomic E-state index is 6.09. The molecular weight excluding hydrogens is 396 g/mol. The highest BCUT2D eigenvalue weighted by Gasteiger charge is 2.26. The van der Waals surface area contributed by atoms with Gasteiger partial charge in [0, 0.05) is 11.5 Å². The first-order chi connectivity index (χ1) is 15.8. The molecule has 2 aromatic carbocycles. The zero-order valence-corrected chi connectivity index (χ0v) is 19.9. The van der Waals surface area contributed by atoms with Crippen molar-refractivity contribution in [1.29, 1.82) is 0 Å². The van der Waals surface area contributed by atoms with Crippen molar-refractivity contribution < 1.29 is 14.2 Å². The highest BCUT2D eigenvalue weighted by molar-refractivity contribution is 5.30. The molecule has 0 radical (unpaired) electrons. The minimum absolute atomic E-state index is 0.284. The molecular formula is C29H40O3. The third-order valence-corrected chi connectivity index (χ3v) is 7.24. The van der Waals surface area contributed by atoms with Crippen molar-refractivity contribution in [3.8, 4) is 5.75 Å². The molecule has 0 atom stereocenters. The zero-order chi connectivity index (χ0) is 22.2. The summed E-state index contributed by atoms with van der Waals surface area (Å²) >= 11 is 0. The van der Waals surface area contributed by atoms with Crippen LogP contribution >= 0.6 is 0 Å². The Hall–Kier alpha value is -1.84. The summed E-state index contributed by atoms with van der Waals surface area (Å²) in [6.07, 6.45) is 10.2. The van der Waals surface area contributed by atoms with Crippen LogP contribution in [0, 0.1) is 5.92 Å². The van der Waals surface area contributed by atoms with Crippen molar-refractivity contribution in [2.75, 3.05) is 19.8 Å². The monoisotopic (exact) mass is 436 g/mol. The van der Waals surface area contributed by atoms with E-state index in [2.05, 4.69) is 50.2 Å². The lowest BCUT2D eigenvalue weighted by Crippen LogP contribution is -2.25. The number of rotatable bonds is 9. The second-order valence-corrected chi connectivity index (χ2v) is 9.64. The number of ether oxygens (including phenoxy) is 3. The van der Waals surface area contributed by atoms with Crippen LogP contribution < -0.4 is 4.74 Å². The molecule has 4 rings (SSSR count). The van der Waals surface area contributed by atoms with Crippen LogP contribution in [0.1, 0.15) is 100 Å². The molecule has 0 amide bonds. The standard InChI is InChI=1S/C29H40O3/c1-3-5-19-30-28-17-15-26(16-18-28)29-31-20-27(21-32-29)25-13-11-24(12-14-25)23-9-7-22(6-4-2)8-10-23/h11-18,22-23,27,29H,3-10,19-21H2,1-2H3/t22-,23-,27?,29?. The topological polar surface area (TPSA) is 27.7 Å². The highest BCUT2D eigenvalue weighted by Crippen LogP contribution is 2.38. The van der Waals surface area contributed by atoms with Crippen LogP contribution in [0.3, 0.4) is 0 Å². The summed E-state index contributed by atoms with van der Waals surface area (Å²) in [5.41, 5.74) is 3.90. The minimum atomic E-state index is -0.284. The predicted octanol–water partition coefficient (Wildman–Crippen LogP) is 7.77. The maximum Gasteiger partial charge on any atom is 0.183 e. The van der Waals surface area contributed by atoms with Gasteiger partial charge in [-0.05, 0) is 67.2 Å². The molecule has 1 aliphatic carbocycles. The molecule has 32 heavy (non-hydrogen) atoms. The highest BCUT2D eigenvalue weighted by atomic mass is 16.7. The first-order valence-corrected chi connectivity index (χ1v) is 12.8. The summed E-state index contributed by atoms with van der Waals surface area (Å²) in [7, 11) is 0. The Kier molecular flexibility index (Phi) is 8.64. The van der Waals surface area contributed by atoms with E-state index in [1.807, 2.05) is 12.1 Å². The molecule has 0 unspecified atom stereocenters. The largest absolute Gasteiger partial charge is 0.494 e. The Labute approximate surface area is 194 Å². The molecule has 1 aliphatic heterocycles. The first-order valence-electron chi connectivity index (χ1n) is 12.8. The van der Waals surface area contributed by atoms with Gasteiger partial charge >= 0.3 is 0 Å².